The second-order valence-electron chi connectivity index (χ2n) is 5.63. The van der Waals surface area contributed by atoms with E-state index in [1.165, 1.54) is 12.2 Å². The summed E-state index contributed by atoms with van der Waals surface area (Å²) in [5.41, 5.74) is 0. The Morgan fingerprint density at radius 2 is 1.32 bits per heavy atom. The van der Waals surface area contributed by atoms with Gasteiger partial charge in [-0.1, -0.05) is 38.8 Å². The maximum atomic E-state index is 9.27. The van der Waals surface area contributed by atoms with Crippen LogP contribution in [0, 0.1) is 0 Å². The van der Waals surface area contributed by atoms with Crippen molar-refractivity contribution in [3.63, 3.8) is 0 Å². The molecule has 4 N–H and O–H groups in total. The van der Waals surface area contributed by atoms with Crippen molar-refractivity contribution in [2.75, 3.05) is 0 Å². The Labute approximate surface area is 136 Å². The van der Waals surface area contributed by atoms with Crippen LogP contribution >= 0.6 is 0 Å². The summed E-state index contributed by atoms with van der Waals surface area (Å²) in [5, 5.41) is 36.5. The summed E-state index contributed by atoms with van der Waals surface area (Å²) in [7, 11) is 0. The average molecular weight is 316 g/mol. The highest BCUT2D eigenvalue weighted by molar-refractivity contribution is 4.80. The van der Waals surface area contributed by atoms with Crippen LogP contribution in [0.1, 0.15) is 65.2 Å². The maximum Gasteiger partial charge on any atom is 0.0742 e. The quantitative estimate of drug-likeness (QED) is 0.417. The van der Waals surface area contributed by atoms with Crippen LogP contribution in [0.15, 0.2) is 25.3 Å². The van der Waals surface area contributed by atoms with Crippen molar-refractivity contribution in [1.29, 1.82) is 0 Å². The minimum Gasteiger partial charge on any atom is -0.393 e. The lowest BCUT2D eigenvalue weighted by Gasteiger charge is -2.11. The minimum atomic E-state index is -0.554. The standard InChI is InChI=1S/2C9H18O2/c1-3-8(10)6-5-7-9(11)4-2;1-3-5-6-9(11)7-8(10)4-2/h3,8-11H,1,4-7H2,2H3;4,8-11H,2-3,5-7H2,1H3. The molecule has 0 fully saturated rings. The Bertz CT molecular complexity index is 255. The first-order valence-electron chi connectivity index (χ1n) is 8.38. The van der Waals surface area contributed by atoms with Gasteiger partial charge in [0.05, 0.1) is 24.4 Å². The topological polar surface area (TPSA) is 80.9 Å². The zero-order valence-electron chi connectivity index (χ0n) is 14.3. The summed E-state index contributed by atoms with van der Waals surface area (Å²) in [6, 6.07) is 0. The van der Waals surface area contributed by atoms with Gasteiger partial charge in [0.15, 0.2) is 0 Å². The van der Waals surface area contributed by atoms with Gasteiger partial charge < -0.3 is 20.4 Å². The van der Waals surface area contributed by atoms with Crippen molar-refractivity contribution in [3.05, 3.63) is 25.3 Å². The molecule has 0 heterocycles. The van der Waals surface area contributed by atoms with Crippen LogP contribution in [0.25, 0.3) is 0 Å². The molecule has 0 aliphatic carbocycles. The largest absolute Gasteiger partial charge is 0.393 e. The molecule has 4 unspecified atom stereocenters. The van der Waals surface area contributed by atoms with Gasteiger partial charge in [-0.05, 0) is 32.1 Å². The molecule has 132 valence electrons. The van der Waals surface area contributed by atoms with E-state index in [1.54, 1.807) is 0 Å². The summed E-state index contributed by atoms with van der Waals surface area (Å²) < 4.78 is 0. The fourth-order valence-electron chi connectivity index (χ4n) is 1.82. The second kappa shape index (κ2) is 16.7. The fourth-order valence-corrected chi connectivity index (χ4v) is 1.82. The van der Waals surface area contributed by atoms with E-state index in [-0.39, 0.29) is 12.2 Å². The average Bonchev–Trinajstić information content (AvgIpc) is 2.52. The molecule has 0 aromatic heterocycles. The van der Waals surface area contributed by atoms with Crippen LogP contribution in [-0.2, 0) is 0 Å². The highest BCUT2D eigenvalue weighted by Crippen LogP contribution is 2.07. The summed E-state index contributed by atoms with van der Waals surface area (Å²) in [4.78, 5) is 0. The van der Waals surface area contributed by atoms with Crippen molar-refractivity contribution in [2.24, 2.45) is 0 Å². The van der Waals surface area contributed by atoms with E-state index in [9.17, 15) is 5.11 Å². The third kappa shape index (κ3) is 17.4. The molecule has 0 aromatic carbocycles. The lowest BCUT2D eigenvalue weighted by Crippen LogP contribution is -2.15. The smallest absolute Gasteiger partial charge is 0.0742 e. The molecular formula is C18H36O4. The van der Waals surface area contributed by atoms with Crippen LogP contribution in [0.3, 0.4) is 0 Å². The number of rotatable bonds is 12. The first kappa shape index (κ1) is 23.6. The first-order valence-corrected chi connectivity index (χ1v) is 8.38. The van der Waals surface area contributed by atoms with Gasteiger partial charge in [-0.25, -0.2) is 0 Å². The lowest BCUT2D eigenvalue weighted by molar-refractivity contribution is 0.0962. The molecule has 4 nitrogen and oxygen atoms in total. The van der Waals surface area contributed by atoms with E-state index in [2.05, 4.69) is 20.1 Å². The predicted molar refractivity (Wildman–Crippen MR) is 92.7 cm³/mol. The summed E-state index contributed by atoms with van der Waals surface area (Å²) in [6.07, 6.45) is 7.90. The molecule has 0 rings (SSSR count). The van der Waals surface area contributed by atoms with Gasteiger partial charge in [-0.3, -0.25) is 0 Å². The summed E-state index contributed by atoms with van der Waals surface area (Å²) in [5.74, 6) is 0. The van der Waals surface area contributed by atoms with Crippen LogP contribution in [0.5, 0.6) is 0 Å². The lowest BCUT2D eigenvalue weighted by atomic mass is 10.1. The van der Waals surface area contributed by atoms with Crippen LogP contribution in [-0.4, -0.2) is 44.8 Å². The Balaban J connectivity index is 0. The van der Waals surface area contributed by atoms with E-state index in [0.29, 0.717) is 12.8 Å². The van der Waals surface area contributed by atoms with Crippen LogP contribution < -0.4 is 0 Å². The Morgan fingerprint density at radius 3 is 1.77 bits per heavy atom. The van der Waals surface area contributed by atoms with Gasteiger partial charge in [0, 0.05) is 6.42 Å². The molecule has 0 aliphatic heterocycles. The zero-order chi connectivity index (χ0) is 17.4. The van der Waals surface area contributed by atoms with Crippen molar-refractivity contribution < 1.29 is 20.4 Å². The third-order valence-corrected chi connectivity index (χ3v) is 3.46. The normalized spacial score (nSPS) is 15.9. The Morgan fingerprint density at radius 1 is 0.773 bits per heavy atom. The second-order valence-corrected chi connectivity index (χ2v) is 5.63. The first-order chi connectivity index (χ1) is 10.4. The van der Waals surface area contributed by atoms with Gasteiger partial charge in [0.25, 0.3) is 0 Å². The molecule has 0 amide bonds. The Hall–Kier alpha value is -0.680. The SMILES string of the molecule is C=CC(O)CC(O)CCCC.C=CC(O)CCCC(O)CC. The number of hydrogen-bond donors (Lipinski definition) is 4. The van der Waals surface area contributed by atoms with E-state index in [4.69, 9.17) is 15.3 Å². The molecule has 0 aliphatic rings. The third-order valence-electron chi connectivity index (χ3n) is 3.46. The van der Waals surface area contributed by atoms with Gasteiger partial charge in [0.1, 0.15) is 0 Å². The highest BCUT2D eigenvalue weighted by atomic mass is 16.3. The zero-order valence-corrected chi connectivity index (χ0v) is 14.3. The number of unbranched alkanes of at least 4 members (excludes halogenated alkanes) is 1. The van der Waals surface area contributed by atoms with Gasteiger partial charge in [-0.15, -0.1) is 13.2 Å². The number of aliphatic hydroxyl groups is 4. The van der Waals surface area contributed by atoms with Crippen molar-refractivity contribution in [3.8, 4) is 0 Å². The Kier molecular flexibility index (Phi) is 17.9. The van der Waals surface area contributed by atoms with E-state index < -0.39 is 12.2 Å². The molecule has 0 aromatic rings. The molecule has 0 bridgehead atoms. The molecular weight excluding hydrogens is 280 g/mol. The molecule has 4 heteroatoms. The monoisotopic (exact) mass is 316 g/mol. The molecule has 0 radical (unpaired) electrons. The predicted octanol–water partition coefficient (Wildman–Crippen LogP) is 2.95. The number of hydrogen-bond acceptors (Lipinski definition) is 4. The summed E-state index contributed by atoms with van der Waals surface area (Å²) >= 11 is 0. The van der Waals surface area contributed by atoms with Gasteiger partial charge >= 0.3 is 0 Å². The van der Waals surface area contributed by atoms with Crippen LogP contribution in [0.2, 0.25) is 0 Å². The van der Waals surface area contributed by atoms with Gasteiger partial charge in [0.2, 0.25) is 0 Å². The summed E-state index contributed by atoms with van der Waals surface area (Å²) in [6.45, 7) is 10.9. The van der Waals surface area contributed by atoms with Gasteiger partial charge in [-0.2, -0.15) is 0 Å². The maximum absolute atomic E-state index is 9.27. The minimum absolute atomic E-state index is 0.202. The van der Waals surface area contributed by atoms with Crippen molar-refractivity contribution >= 4 is 0 Å². The molecule has 4 atom stereocenters. The highest BCUT2D eigenvalue weighted by Gasteiger charge is 2.07. The molecule has 0 spiro atoms. The fraction of sp³-hybridized carbons (Fsp3) is 0.778. The molecule has 0 saturated heterocycles. The number of aliphatic hydroxyl groups excluding tert-OH is 4. The van der Waals surface area contributed by atoms with E-state index in [1.807, 2.05) is 6.92 Å². The van der Waals surface area contributed by atoms with Crippen molar-refractivity contribution in [1.82, 2.24) is 0 Å². The van der Waals surface area contributed by atoms with E-state index in [0.717, 1.165) is 38.5 Å². The van der Waals surface area contributed by atoms with Crippen molar-refractivity contribution in [2.45, 2.75) is 89.6 Å². The molecule has 0 saturated carbocycles. The molecule has 22 heavy (non-hydrogen) atoms. The van der Waals surface area contributed by atoms with E-state index >= 15 is 0 Å². The van der Waals surface area contributed by atoms with Crippen LogP contribution in [0.4, 0.5) is 0 Å².